The van der Waals surface area contributed by atoms with E-state index >= 15 is 0 Å². The van der Waals surface area contributed by atoms with Gasteiger partial charge >= 0.3 is 11.9 Å². The van der Waals surface area contributed by atoms with Crippen LogP contribution in [-0.2, 0) is 29.8 Å². The van der Waals surface area contributed by atoms with Crippen molar-refractivity contribution in [3.8, 4) is 0 Å². The molecular formula is C42H28N6O14S2. The van der Waals surface area contributed by atoms with Gasteiger partial charge in [0.2, 0.25) is 11.6 Å². The molecule has 0 heterocycles. The van der Waals surface area contributed by atoms with E-state index in [1.54, 1.807) is 0 Å². The van der Waals surface area contributed by atoms with Gasteiger partial charge in [-0.3, -0.25) is 39.1 Å². The highest BCUT2D eigenvalue weighted by atomic mass is 32.2. The fraction of sp³-hybridized carbons (Fsp3) is 0. The highest BCUT2D eigenvalue weighted by Crippen LogP contribution is 2.33. The van der Waals surface area contributed by atoms with Gasteiger partial charge in [-0.15, -0.1) is 0 Å². The van der Waals surface area contributed by atoms with Gasteiger partial charge in [-0.1, -0.05) is 24.3 Å². The Kier molecular flexibility index (Phi) is 11.7. The molecule has 0 radical (unpaired) electrons. The van der Waals surface area contributed by atoms with Gasteiger partial charge < -0.3 is 20.8 Å². The minimum absolute atomic E-state index is 0.00782. The van der Waals surface area contributed by atoms with E-state index < -0.39 is 75.8 Å². The van der Waals surface area contributed by atoms with E-state index in [0.29, 0.717) is 11.1 Å². The number of aliphatic carboxylic acids is 2. The Labute approximate surface area is 360 Å². The summed E-state index contributed by atoms with van der Waals surface area (Å²) in [6, 6.07) is 19.9. The summed E-state index contributed by atoms with van der Waals surface area (Å²) in [7, 11) is -10.1. The summed E-state index contributed by atoms with van der Waals surface area (Å²) in [5.74, 6) is -4.10. The van der Waals surface area contributed by atoms with Crippen LogP contribution in [0.25, 0.3) is 24.3 Å². The van der Waals surface area contributed by atoms with Gasteiger partial charge in [-0.25, -0.2) is 9.59 Å². The lowest BCUT2D eigenvalue weighted by Gasteiger charge is -2.20. The topological polar surface area (TPSA) is 324 Å². The van der Waals surface area contributed by atoms with E-state index in [0.717, 1.165) is 24.3 Å². The number of anilines is 6. The first kappa shape index (κ1) is 43.6. The van der Waals surface area contributed by atoms with Crippen LogP contribution in [0, 0.1) is 0 Å². The van der Waals surface area contributed by atoms with Crippen molar-refractivity contribution < 1.29 is 55.3 Å². The van der Waals surface area contributed by atoms with Crippen LogP contribution in [0.5, 0.6) is 0 Å². The van der Waals surface area contributed by atoms with E-state index in [1.165, 1.54) is 97.1 Å². The normalized spacial score (nSPS) is 15.2. The monoisotopic (exact) mass is 904 g/mol. The number of allylic oxidation sites excluding steroid dienone is 2. The van der Waals surface area contributed by atoms with E-state index in [1.807, 2.05) is 0 Å². The van der Waals surface area contributed by atoms with Gasteiger partial charge in [0.15, 0.2) is 11.4 Å². The third-order valence-electron chi connectivity index (χ3n) is 9.32. The predicted octanol–water partition coefficient (Wildman–Crippen LogP) is 4.75. The van der Waals surface area contributed by atoms with Crippen LogP contribution >= 0.6 is 0 Å². The molecule has 0 atom stereocenters. The number of hydrogen-bond acceptors (Lipinski definition) is 16. The summed E-state index contributed by atoms with van der Waals surface area (Å²) < 4.78 is 69.8. The third kappa shape index (κ3) is 9.39. The number of nitrogens with one attached hydrogen (secondary N) is 4. The van der Waals surface area contributed by atoms with E-state index in [2.05, 4.69) is 31.7 Å². The van der Waals surface area contributed by atoms with Crippen LogP contribution in [0.1, 0.15) is 43.0 Å². The second-order valence-electron chi connectivity index (χ2n) is 13.6. The quantitative estimate of drug-likeness (QED) is 0.0322. The molecular weight excluding hydrogens is 877 g/mol. The fourth-order valence-electron chi connectivity index (χ4n) is 6.27. The second kappa shape index (κ2) is 17.1. The molecule has 0 fully saturated rings. The number of rotatable bonds is 14. The first-order chi connectivity index (χ1) is 30.3. The molecule has 22 heteroatoms. The molecule has 0 bridgehead atoms. The van der Waals surface area contributed by atoms with E-state index in [-0.39, 0.29) is 56.4 Å². The van der Waals surface area contributed by atoms with Crippen molar-refractivity contribution in [1.82, 2.24) is 0 Å². The molecule has 20 nitrogen and oxygen atoms in total. The minimum atomic E-state index is -5.04. The maximum atomic E-state index is 13.5. The molecule has 0 saturated heterocycles. The Morgan fingerprint density at radius 1 is 0.516 bits per heavy atom. The third-order valence-corrected chi connectivity index (χ3v) is 11.1. The zero-order valence-electron chi connectivity index (χ0n) is 32.1. The summed E-state index contributed by atoms with van der Waals surface area (Å²) in [6.45, 7) is 0. The standard InChI is InChI=1S/C42H28N6O14S2/c49-33(50)15-5-21-1-7-25(8-2-21)45-47-35-31(63(57,58)59)19-23-17-27(11-13-29(23)39(35)53)43-37-38(42(56)41(37)55)44-28-12-14-30-24(18-28)20-32(64(60,61)62)36(40(30)54)48-46-26-9-3-22(4-10-26)6-16-34(51)52/h1-20,43-46H,(H,49,50)(H,51,52)(H,57,58,59)(H,60,61,62)/b15-5+,16-6+,47-35-,48-36-. The second-order valence-corrected chi connectivity index (χ2v) is 16.4. The zero-order chi connectivity index (χ0) is 46.1. The number of ketones is 2. The molecule has 8 N–H and O–H groups in total. The molecule has 5 aromatic rings. The molecule has 0 unspecified atom stereocenters. The SMILES string of the molecule is O=C(O)/C=C/c1ccc(N/N=C2\C(=O)c3ccc(Nc4c(Nc5ccc6c(c5)C=C(S(=O)(=O)O)/C(=N/Nc5ccc(/C=C/C(=O)O)cc5)C6=O)c(=O)c4=O)cc3C=C2S(=O)(=O)O)cc1. The van der Waals surface area contributed by atoms with E-state index in [9.17, 15) is 54.7 Å². The number of hydrazone groups is 2. The highest BCUT2D eigenvalue weighted by Gasteiger charge is 2.35. The van der Waals surface area contributed by atoms with Gasteiger partial charge in [0, 0.05) is 34.7 Å². The lowest BCUT2D eigenvalue weighted by Crippen LogP contribution is -2.36. The van der Waals surface area contributed by atoms with Gasteiger partial charge in [0.1, 0.15) is 21.2 Å². The van der Waals surface area contributed by atoms with Gasteiger partial charge in [-0.05, 0) is 107 Å². The first-order valence-electron chi connectivity index (χ1n) is 18.1. The molecule has 0 saturated carbocycles. The lowest BCUT2D eigenvalue weighted by molar-refractivity contribution is -0.132. The lowest BCUT2D eigenvalue weighted by atomic mass is 9.94. The van der Waals surface area contributed by atoms with Crippen LogP contribution in [0.15, 0.2) is 127 Å². The molecule has 64 heavy (non-hydrogen) atoms. The summed E-state index contributed by atoms with van der Waals surface area (Å²) >= 11 is 0. The molecule has 322 valence electrons. The summed E-state index contributed by atoms with van der Waals surface area (Å²) in [4.78, 5) is 72.4. The van der Waals surface area contributed by atoms with Crippen LogP contribution in [-0.4, -0.2) is 71.1 Å². The largest absolute Gasteiger partial charge is 0.478 e. The average molecular weight is 905 g/mol. The smallest absolute Gasteiger partial charge is 0.328 e. The van der Waals surface area contributed by atoms with Crippen molar-refractivity contribution in [2.24, 2.45) is 10.2 Å². The number of nitrogens with zero attached hydrogens (tertiary/aromatic N) is 2. The maximum Gasteiger partial charge on any atom is 0.328 e. The van der Waals surface area contributed by atoms with Crippen molar-refractivity contribution >= 4 is 114 Å². The summed E-state index contributed by atoms with van der Waals surface area (Å²) in [5, 5.41) is 31.0. The van der Waals surface area contributed by atoms with Crippen molar-refractivity contribution in [3.63, 3.8) is 0 Å². The number of Topliss-reactive ketones (excluding diaryl/α,β-unsaturated/α-hetero) is 2. The molecule has 2 aliphatic carbocycles. The van der Waals surface area contributed by atoms with Crippen molar-refractivity contribution in [1.29, 1.82) is 0 Å². The number of benzene rings is 4. The number of hydrogen-bond donors (Lipinski definition) is 8. The molecule has 2 aliphatic rings. The Morgan fingerprint density at radius 2 is 0.859 bits per heavy atom. The number of carboxylic acid groups (broad SMARTS) is 2. The molecule has 0 aliphatic heterocycles. The Balaban J connectivity index is 1.11. The van der Waals surface area contributed by atoms with Crippen LogP contribution in [0.3, 0.4) is 0 Å². The molecule has 7 rings (SSSR count). The number of fused-ring (bicyclic) bond motifs is 2. The van der Waals surface area contributed by atoms with Gasteiger partial charge in [0.25, 0.3) is 31.1 Å². The molecule has 0 spiro atoms. The van der Waals surface area contributed by atoms with E-state index in [4.69, 9.17) is 10.2 Å². The minimum Gasteiger partial charge on any atom is -0.478 e. The summed E-state index contributed by atoms with van der Waals surface area (Å²) in [6.07, 6.45) is 6.49. The fourth-order valence-corrected chi connectivity index (χ4v) is 7.59. The highest BCUT2D eigenvalue weighted by molar-refractivity contribution is 7.91. The van der Waals surface area contributed by atoms with Crippen LogP contribution < -0.4 is 32.3 Å². The molecule has 5 aromatic carbocycles. The van der Waals surface area contributed by atoms with Crippen LogP contribution in [0.4, 0.5) is 34.1 Å². The molecule has 0 aromatic heterocycles. The Bertz CT molecular complexity index is 3120. The average Bonchev–Trinajstić information content (AvgIpc) is 3.25. The Morgan fingerprint density at radius 3 is 1.19 bits per heavy atom. The number of carboxylic acids is 2. The van der Waals surface area contributed by atoms with Gasteiger partial charge in [-0.2, -0.15) is 27.0 Å². The van der Waals surface area contributed by atoms with Crippen molar-refractivity contribution in [3.05, 3.63) is 161 Å². The van der Waals surface area contributed by atoms with Crippen LogP contribution in [0.2, 0.25) is 0 Å². The summed E-state index contributed by atoms with van der Waals surface area (Å²) in [5.41, 5.74) is 3.08. The van der Waals surface area contributed by atoms with Crippen molar-refractivity contribution in [2.75, 3.05) is 21.5 Å². The van der Waals surface area contributed by atoms with Gasteiger partial charge in [0.05, 0.1) is 11.4 Å². The maximum absolute atomic E-state index is 13.5. The van der Waals surface area contributed by atoms with Crippen molar-refractivity contribution in [2.45, 2.75) is 0 Å². The predicted molar refractivity (Wildman–Crippen MR) is 237 cm³/mol. The Hall–Kier alpha value is -8.44. The number of carbonyl (C=O) groups excluding carboxylic acids is 2. The first-order valence-corrected chi connectivity index (χ1v) is 21.0. The zero-order valence-corrected chi connectivity index (χ0v) is 33.8. The molecule has 0 amide bonds. The number of carbonyl (C=O) groups is 4.